The number of nitrogens with one attached hydrogen (secondary N) is 1. The third kappa shape index (κ3) is 2.74. The Hall–Kier alpha value is -1.13. The number of rotatable bonds is 4. The maximum absolute atomic E-state index is 4.17. The van der Waals surface area contributed by atoms with Crippen molar-refractivity contribution < 1.29 is 0 Å². The van der Waals surface area contributed by atoms with Gasteiger partial charge in [0, 0.05) is 40.8 Å². The lowest BCUT2D eigenvalue weighted by Gasteiger charge is -2.22. The largest absolute Gasteiger partial charge is 0.333 e. The van der Waals surface area contributed by atoms with E-state index >= 15 is 0 Å². The molecule has 2 aromatic rings. The maximum atomic E-state index is 4.17. The van der Waals surface area contributed by atoms with Crippen LogP contribution in [0, 0.1) is 13.8 Å². The molecule has 0 bridgehead atoms. The van der Waals surface area contributed by atoms with Crippen LogP contribution in [0.2, 0.25) is 0 Å². The summed E-state index contributed by atoms with van der Waals surface area (Å²) in [7, 11) is 0. The lowest BCUT2D eigenvalue weighted by Crippen LogP contribution is -2.33. The molecule has 19 heavy (non-hydrogen) atoms. The standard InChI is InChI=1S/C15H21N3S/c1-11-8-13(12(2)19-11)9-17-14-4-3-5-15(14)18-7-6-16-10-18/h6-8,10,14-15,17H,3-5,9H2,1-2H3. The van der Waals surface area contributed by atoms with E-state index in [2.05, 4.69) is 41.0 Å². The first-order valence-corrected chi connectivity index (χ1v) is 7.82. The van der Waals surface area contributed by atoms with Gasteiger partial charge in [-0.25, -0.2) is 4.98 Å². The molecule has 0 saturated heterocycles. The van der Waals surface area contributed by atoms with Crippen molar-refractivity contribution in [1.82, 2.24) is 14.9 Å². The molecule has 2 heterocycles. The Kier molecular flexibility index (Phi) is 3.71. The van der Waals surface area contributed by atoms with Crippen molar-refractivity contribution in [3.63, 3.8) is 0 Å². The van der Waals surface area contributed by atoms with Crippen molar-refractivity contribution in [2.24, 2.45) is 0 Å². The van der Waals surface area contributed by atoms with Gasteiger partial charge in [-0.1, -0.05) is 0 Å². The average Bonchev–Trinajstić information content (AvgIpc) is 3.07. The summed E-state index contributed by atoms with van der Waals surface area (Å²) in [6.07, 6.45) is 9.75. The predicted molar refractivity (Wildman–Crippen MR) is 79.5 cm³/mol. The van der Waals surface area contributed by atoms with Crippen LogP contribution in [0.4, 0.5) is 0 Å². The quantitative estimate of drug-likeness (QED) is 0.926. The Morgan fingerprint density at radius 1 is 1.42 bits per heavy atom. The number of imidazole rings is 1. The van der Waals surface area contributed by atoms with Gasteiger partial charge in [0.1, 0.15) is 0 Å². The first-order valence-electron chi connectivity index (χ1n) is 7.01. The molecule has 102 valence electrons. The molecule has 2 unspecified atom stereocenters. The maximum Gasteiger partial charge on any atom is 0.0949 e. The van der Waals surface area contributed by atoms with E-state index in [4.69, 9.17) is 0 Å². The molecule has 1 aliphatic carbocycles. The Labute approximate surface area is 118 Å². The topological polar surface area (TPSA) is 29.9 Å². The van der Waals surface area contributed by atoms with E-state index in [9.17, 15) is 0 Å². The van der Waals surface area contributed by atoms with E-state index in [1.165, 1.54) is 34.6 Å². The Morgan fingerprint density at radius 2 is 2.32 bits per heavy atom. The van der Waals surface area contributed by atoms with Crippen molar-refractivity contribution in [2.75, 3.05) is 0 Å². The minimum absolute atomic E-state index is 0.572. The minimum atomic E-state index is 0.572. The van der Waals surface area contributed by atoms with Crippen LogP contribution >= 0.6 is 11.3 Å². The van der Waals surface area contributed by atoms with Gasteiger partial charge in [0.15, 0.2) is 0 Å². The zero-order chi connectivity index (χ0) is 13.2. The van der Waals surface area contributed by atoms with Gasteiger partial charge in [0.05, 0.1) is 6.33 Å². The summed E-state index contributed by atoms with van der Waals surface area (Å²) in [4.78, 5) is 7.03. The van der Waals surface area contributed by atoms with Crippen LogP contribution in [0.5, 0.6) is 0 Å². The first-order chi connectivity index (χ1) is 9.24. The predicted octanol–water partition coefficient (Wildman–Crippen LogP) is 3.44. The molecule has 2 aromatic heterocycles. The highest BCUT2D eigenvalue weighted by atomic mass is 32.1. The van der Waals surface area contributed by atoms with E-state index in [1.807, 2.05) is 23.9 Å². The van der Waals surface area contributed by atoms with Gasteiger partial charge in [-0.15, -0.1) is 11.3 Å². The Bertz CT molecular complexity index is 530. The molecule has 4 heteroatoms. The van der Waals surface area contributed by atoms with Crippen LogP contribution in [-0.4, -0.2) is 15.6 Å². The van der Waals surface area contributed by atoms with Crippen LogP contribution < -0.4 is 5.32 Å². The lowest BCUT2D eigenvalue weighted by molar-refractivity contribution is 0.390. The van der Waals surface area contributed by atoms with Crippen LogP contribution in [-0.2, 0) is 6.54 Å². The van der Waals surface area contributed by atoms with E-state index < -0.39 is 0 Å². The van der Waals surface area contributed by atoms with Gasteiger partial charge in [-0.2, -0.15) is 0 Å². The molecular weight excluding hydrogens is 254 g/mol. The summed E-state index contributed by atoms with van der Waals surface area (Å²) in [5.74, 6) is 0. The Morgan fingerprint density at radius 3 is 3.00 bits per heavy atom. The highest BCUT2D eigenvalue weighted by molar-refractivity contribution is 7.12. The van der Waals surface area contributed by atoms with Gasteiger partial charge >= 0.3 is 0 Å². The van der Waals surface area contributed by atoms with E-state index in [0.29, 0.717) is 12.1 Å². The number of aryl methyl sites for hydroxylation is 2. The smallest absolute Gasteiger partial charge is 0.0949 e. The zero-order valence-electron chi connectivity index (χ0n) is 11.6. The Balaban J connectivity index is 1.64. The van der Waals surface area contributed by atoms with Gasteiger partial charge < -0.3 is 9.88 Å². The highest BCUT2D eigenvalue weighted by Gasteiger charge is 2.27. The fourth-order valence-corrected chi connectivity index (χ4v) is 4.05. The summed E-state index contributed by atoms with van der Waals surface area (Å²) in [5, 5.41) is 3.75. The van der Waals surface area contributed by atoms with Crippen molar-refractivity contribution in [1.29, 1.82) is 0 Å². The van der Waals surface area contributed by atoms with Gasteiger partial charge in [0.25, 0.3) is 0 Å². The summed E-state index contributed by atoms with van der Waals surface area (Å²) in [6, 6.07) is 3.46. The third-order valence-corrected chi connectivity index (χ3v) is 5.09. The third-order valence-electron chi connectivity index (χ3n) is 4.09. The fourth-order valence-electron chi connectivity index (χ4n) is 3.10. The number of hydrogen-bond donors (Lipinski definition) is 1. The van der Waals surface area contributed by atoms with Crippen LogP contribution in [0.15, 0.2) is 24.8 Å². The second-order valence-corrected chi connectivity index (χ2v) is 6.89. The van der Waals surface area contributed by atoms with Crippen molar-refractivity contribution >= 4 is 11.3 Å². The molecule has 1 N–H and O–H groups in total. The summed E-state index contributed by atoms with van der Waals surface area (Å²) in [6.45, 7) is 5.40. The molecular formula is C15H21N3S. The van der Waals surface area contributed by atoms with Crippen molar-refractivity contribution in [2.45, 2.75) is 51.7 Å². The molecule has 1 aliphatic rings. The molecule has 1 fully saturated rings. The van der Waals surface area contributed by atoms with E-state index in [-0.39, 0.29) is 0 Å². The van der Waals surface area contributed by atoms with Gasteiger partial charge in [0.2, 0.25) is 0 Å². The molecule has 1 saturated carbocycles. The van der Waals surface area contributed by atoms with E-state index in [0.717, 1.165) is 6.54 Å². The number of hydrogen-bond acceptors (Lipinski definition) is 3. The minimum Gasteiger partial charge on any atom is -0.333 e. The number of nitrogens with zero attached hydrogens (tertiary/aromatic N) is 2. The number of thiophene rings is 1. The monoisotopic (exact) mass is 275 g/mol. The van der Waals surface area contributed by atoms with Crippen LogP contribution in [0.1, 0.15) is 40.6 Å². The first kappa shape index (κ1) is 12.9. The van der Waals surface area contributed by atoms with Gasteiger partial charge in [-0.05, 0) is 44.7 Å². The number of aromatic nitrogens is 2. The van der Waals surface area contributed by atoms with Gasteiger partial charge in [-0.3, -0.25) is 0 Å². The lowest BCUT2D eigenvalue weighted by atomic mass is 10.1. The molecule has 0 amide bonds. The van der Waals surface area contributed by atoms with E-state index in [1.54, 1.807) is 0 Å². The zero-order valence-corrected chi connectivity index (χ0v) is 12.4. The van der Waals surface area contributed by atoms with Crippen molar-refractivity contribution in [3.8, 4) is 0 Å². The van der Waals surface area contributed by atoms with Crippen LogP contribution in [0.25, 0.3) is 0 Å². The molecule has 0 radical (unpaired) electrons. The molecule has 2 atom stereocenters. The summed E-state index contributed by atoms with van der Waals surface area (Å²) in [5.41, 5.74) is 1.46. The molecule has 0 aromatic carbocycles. The molecule has 3 rings (SSSR count). The molecule has 0 aliphatic heterocycles. The SMILES string of the molecule is Cc1cc(CNC2CCCC2n2ccnc2)c(C)s1. The average molecular weight is 275 g/mol. The second kappa shape index (κ2) is 5.47. The summed E-state index contributed by atoms with van der Waals surface area (Å²) >= 11 is 1.90. The highest BCUT2D eigenvalue weighted by Crippen LogP contribution is 2.30. The molecule has 3 nitrogen and oxygen atoms in total. The fraction of sp³-hybridized carbons (Fsp3) is 0.533. The van der Waals surface area contributed by atoms with Crippen LogP contribution in [0.3, 0.4) is 0 Å². The summed E-state index contributed by atoms with van der Waals surface area (Å²) < 4.78 is 2.26. The molecule has 0 spiro atoms. The second-order valence-electron chi connectivity index (χ2n) is 5.43. The van der Waals surface area contributed by atoms with Crippen molar-refractivity contribution in [3.05, 3.63) is 40.1 Å². The normalized spacial score (nSPS) is 23.1.